The Hall–Kier alpha value is -3.66. The number of aliphatic hydroxyl groups is 1. The molecule has 1 N–H and O–H groups in total. The number of methoxy groups -OCH3 is 1. The Morgan fingerprint density at radius 2 is 2.03 bits per heavy atom. The van der Waals surface area contributed by atoms with E-state index in [9.17, 15) is 13.9 Å². The van der Waals surface area contributed by atoms with Crippen LogP contribution in [-0.4, -0.2) is 55.6 Å². The van der Waals surface area contributed by atoms with Crippen molar-refractivity contribution in [3.8, 4) is 17.1 Å². The lowest BCUT2D eigenvalue weighted by atomic mass is 10.0. The van der Waals surface area contributed by atoms with Crippen molar-refractivity contribution in [2.24, 2.45) is 0 Å². The first-order valence-electron chi connectivity index (χ1n) is 11.0. The van der Waals surface area contributed by atoms with Crippen LogP contribution in [-0.2, 0) is 6.42 Å². The van der Waals surface area contributed by atoms with Crippen LogP contribution in [0.2, 0.25) is 0 Å². The van der Waals surface area contributed by atoms with Gasteiger partial charge in [0.05, 0.1) is 37.7 Å². The van der Waals surface area contributed by atoms with E-state index in [1.54, 1.807) is 41.9 Å². The van der Waals surface area contributed by atoms with Crippen LogP contribution in [0, 0.1) is 5.82 Å². The summed E-state index contributed by atoms with van der Waals surface area (Å²) < 4.78 is 35.7. The van der Waals surface area contributed by atoms with Gasteiger partial charge in [-0.15, -0.1) is 5.10 Å². The van der Waals surface area contributed by atoms with Crippen LogP contribution in [0.15, 0.2) is 48.9 Å². The lowest BCUT2D eigenvalue weighted by molar-refractivity contribution is 0.194. The first-order valence-corrected chi connectivity index (χ1v) is 11.0. The third-order valence-electron chi connectivity index (χ3n) is 5.93. The Balaban J connectivity index is 1.55. The van der Waals surface area contributed by atoms with Crippen molar-refractivity contribution in [3.05, 3.63) is 66.0 Å². The van der Waals surface area contributed by atoms with Crippen molar-refractivity contribution < 1.29 is 18.6 Å². The quantitative estimate of drug-likeness (QED) is 0.465. The topological polar surface area (TPSA) is 88.7 Å². The highest BCUT2D eigenvalue weighted by Crippen LogP contribution is 2.40. The van der Waals surface area contributed by atoms with Gasteiger partial charge in [0.2, 0.25) is 0 Å². The molecule has 1 aliphatic rings. The van der Waals surface area contributed by atoms with E-state index in [4.69, 9.17) is 9.84 Å². The molecule has 8 nitrogen and oxygen atoms in total. The van der Waals surface area contributed by atoms with Crippen LogP contribution in [0.1, 0.15) is 30.6 Å². The smallest absolute Gasteiger partial charge is 0.154 e. The fourth-order valence-corrected chi connectivity index (χ4v) is 4.44. The largest absolute Gasteiger partial charge is 0.496 e. The van der Waals surface area contributed by atoms with E-state index < -0.39 is 24.1 Å². The molecule has 0 spiro atoms. The van der Waals surface area contributed by atoms with E-state index in [1.807, 2.05) is 4.90 Å². The zero-order chi connectivity index (χ0) is 23.8. The number of aliphatic hydroxyl groups excluding tert-OH is 1. The molecule has 3 atom stereocenters. The van der Waals surface area contributed by atoms with Gasteiger partial charge in [0.15, 0.2) is 5.65 Å². The second-order valence-corrected chi connectivity index (χ2v) is 8.44. The molecule has 4 aromatic rings. The van der Waals surface area contributed by atoms with Crippen molar-refractivity contribution in [2.75, 3.05) is 18.6 Å². The first kappa shape index (κ1) is 22.1. The van der Waals surface area contributed by atoms with Gasteiger partial charge in [0.1, 0.15) is 35.6 Å². The maximum absolute atomic E-state index is 14.6. The minimum atomic E-state index is -1.09. The molecule has 0 saturated carbocycles. The molecule has 1 aliphatic heterocycles. The summed E-state index contributed by atoms with van der Waals surface area (Å²) in [5.41, 5.74) is 3.13. The van der Waals surface area contributed by atoms with Crippen LogP contribution < -0.4 is 9.64 Å². The minimum absolute atomic E-state index is 0.124. The van der Waals surface area contributed by atoms with Crippen molar-refractivity contribution in [1.82, 2.24) is 24.6 Å². The Kier molecular flexibility index (Phi) is 5.82. The second-order valence-electron chi connectivity index (χ2n) is 8.44. The number of hydrogen-bond acceptors (Lipinski definition) is 7. The number of nitrogens with zero attached hydrogens (tertiary/aromatic N) is 6. The van der Waals surface area contributed by atoms with Gasteiger partial charge in [0.25, 0.3) is 0 Å². The molecule has 1 saturated heterocycles. The molecular weight excluding hydrogens is 442 g/mol. The highest BCUT2D eigenvalue weighted by Gasteiger charge is 2.36. The summed E-state index contributed by atoms with van der Waals surface area (Å²) in [5.74, 6) is 0.623. The SMILES string of the molecule is COc1ccc(F)cc1[C@@H]1C[C@@H](F)CN1c1ccc2ncc(-c3cc(C[C@H](C)O)ncn3)n2n1. The lowest BCUT2D eigenvalue weighted by Crippen LogP contribution is -2.25. The number of halogens is 2. The van der Waals surface area contributed by atoms with E-state index in [1.165, 1.54) is 25.6 Å². The third-order valence-corrected chi connectivity index (χ3v) is 5.93. The van der Waals surface area contributed by atoms with Crippen LogP contribution in [0.5, 0.6) is 5.75 Å². The van der Waals surface area contributed by atoms with Crippen molar-refractivity contribution >= 4 is 11.5 Å². The standard InChI is InChI=1S/C24H24F2N6O2/c1-14(33)7-17-10-19(29-13-28-17)21-11-27-23-5-6-24(30-32(21)23)31-12-16(26)9-20(31)18-8-15(25)3-4-22(18)34-2/h3-6,8,10-11,13-14,16,20,33H,7,9,12H2,1-2H3/t14-,16+,20-/m0/s1. The van der Waals surface area contributed by atoms with E-state index >= 15 is 0 Å². The summed E-state index contributed by atoms with van der Waals surface area (Å²) in [5, 5.41) is 14.4. The number of alkyl halides is 1. The average Bonchev–Trinajstić information content (AvgIpc) is 3.41. The number of fused-ring (bicyclic) bond motifs is 1. The minimum Gasteiger partial charge on any atom is -0.496 e. The lowest BCUT2D eigenvalue weighted by Gasteiger charge is -2.26. The van der Waals surface area contributed by atoms with Crippen molar-refractivity contribution in [3.63, 3.8) is 0 Å². The summed E-state index contributed by atoms with van der Waals surface area (Å²) >= 11 is 0. The van der Waals surface area contributed by atoms with Gasteiger partial charge in [-0.05, 0) is 43.3 Å². The van der Waals surface area contributed by atoms with E-state index in [0.717, 1.165) is 0 Å². The highest BCUT2D eigenvalue weighted by molar-refractivity contribution is 5.61. The number of benzene rings is 1. The molecule has 10 heteroatoms. The number of ether oxygens (including phenoxy) is 1. The summed E-state index contributed by atoms with van der Waals surface area (Å²) in [6.07, 6.45) is 2.07. The van der Waals surface area contributed by atoms with Gasteiger partial charge in [-0.3, -0.25) is 0 Å². The molecule has 0 amide bonds. The van der Waals surface area contributed by atoms with Crippen molar-refractivity contribution in [1.29, 1.82) is 0 Å². The van der Waals surface area contributed by atoms with Gasteiger partial charge in [-0.2, -0.15) is 0 Å². The maximum Gasteiger partial charge on any atom is 0.154 e. The molecule has 34 heavy (non-hydrogen) atoms. The predicted octanol–water partition coefficient (Wildman–Crippen LogP) is 3.55. The molecule has 0 radical (unpaired) electrons. The number of hydrogen-bond donors (Lipinski definition) is 1. The molecule has 4 heterocycles. The van der Waals surface area contributed by atoms with E-state index in [0.29, 0.717) is 46.3 Å². The normalized spacial score (nSPS) is 19.0. The number of anilines is 1. The highest BCUT2D eigenvalue weighted by atomic mass is 19.1. The molecule has 1 fully saturated rings. The average molecular weight is 466 g/mol. The van der Waals surface area contributed by atoms with Crippen LogP contribution in [0.25, 0.3) is 17.0 Å². The van der Waals surface area contributed by atoms with Crippen molar-refractivity contribution in [2.45, 2.75) is 38.1 Å². The van der Waals surface area contributed by atoms with Crippen LogP contribution in [0.4, 0.5) is 14.6 Å². The zero-order valence-corrected chi connectivity index (χ0v) is 18.8. The summed E-state index contributed by atoms with van der Waals surface area (Å²) in [6, 6.07) is 9.20. The molecule has 1 aromatic carbocycles. The molecular formula is C24H24F2N6O2. The zero-order valence-electron chi connectivity index (χ0n) is 18.8. The fraction of sp³-hybridized carbons (Fsp3) is 0.333. The third kappa shape index (κ3) is 4.16. The Morgan fingerprint density at radius 3 is 2.82 bits per heavy atom. The van der Waals surface area contributed by atoms with E-state index in [-0.39, 0.29) is 13.0 Å². The Labute approximate surface area is 194 Å². The van der Waals surface area contributed by atoms with Gasteiger partial charge in [0, 0.05) is 24.1 Å². The molecule has 0 unspecified atom stereocenters. The van der Waals surface area contributed by atoms with Crippen LogP contribution in [0.3, 0.4) is 0 Å². The Morgan fingerprint density at radius 1 is 1.18 bits per heavy atom. The second kappa shape index (κ2) is 8.94. The monoisotopic (exact) mass is 466 g/mol. The summed E-state index contributed by atoms with van der Waals surface area (Å²) in [4.78, 5) is 14.8. The van der Waals surface area contributed by atoms with E-state index in [2.05, 4.69) is 15.0 Å². The Bertz CT molecular complexity index is 1330. The molecule has 176 valence electrons. The van der Waals surface area contributed by atoms with Gasteiger partial charge < -0.3 is 14.7 Å². The first-order chi connectivity index (χ1) is 16.4. The fourth-order valence-electron chi connectivity index (χ4n) is 4.44. The van der Waals surface area contributed by atoms with Crippen LogP contribution >= 0.6 is 0 Å². The number of imidazole rings is 1. The predicted molar refractivity (Wildman–Crippen MR) is 122 cm³/mol. The molecule has 0 bridgehead atoms. The molecule has 3 aromatic heterocycles. The maximum atomic E-state index is 14.6. The summed E-state index contributed by atoms with van der Waals surface area (Å²) in [7, 11) is 1.51. The number of rotatable bonds is 6. The molecule has 5 rings (SSSR count). The number of aromatic nitrogens is 5. The molecule has 0 aliphatic carbocycles. The van der Waals surface area contributed by atoms with Gasteiger partial charge in [-0.1, -0.05) is 0 Å². The van der Waals surface area contributed by atoms with Gasteiger partial charge in [-0.25, -0.2) is 28.2 Å². The summed E-state index contributed by atoms with van der Waals surface area (Å²) in [6.45, 7) is 1.82. The van der Waals surface area contributed by atoms with Gasteiger partial charge >= 0.3 is 0 Å².